The van der Waals surface area contributed by atoms with Crippen LogP contribution in [0.4, 0.5) is 16.3 Å². The van der Waals surface area contributed by atoms with Crippen molar-refractivity contribution in [1.82, 2.24) is 15.3 Å². The summed E-state index contributed by atoms with van der Waals surface area (Å²) in [5, 5.41) is 13.5. The number of nitrogen functional groups attached to an aromatic ring is 1. The van der Waals surface area contributed by atoms with Crippen molar-refractivity contribution >= 4 is 34.4 Å². The average molecular weight is 261 g/mol. The SMILES string of the molecule is Nc1ncnc2ccc(NC(=O)CNC(=O)O)cc12. The first kappa shape index (κ1) is 12.6. The highest BCUT2D eigenvalue weighted by Gasteiger charge is 2.06. The summed E-state index contributed by atoms with van der Waals surface area (Å²) in [4.78, 5) is 29.6. The van der Waals surface area contributed by atoms with Crippen molar-refractivity contribution < 1.29 is 14.7 Å². The van der Waals surface area contributed by atoms with Crippen LogP contribution in [0.2, 0.25) is 0 Å². The molecule has 19 heavy (non-hydrogen) atoms. The summed E-state index contributed by atoms with van der Waals surface area (Å²) in [6, 6.07) is 4.96. The molecule has 0 aliphatic carbocycles. The summed E-state index contributed by atoms with van der Waals surface area (Å²) in [5.74, 6) is -0.165. The average Bonchev–Trinajstić information content (AvgIpc) is 2.37. The summed E-state index contributed by atoms with van der Waals surface area (Å²) in [7, 11) is 0. The molecule has 1 heterocycles. The summed E-state index contributed by atoms with van der Waals surface area (Å²) < 4.78 is 0. The van der Waals surface area contributed by atoms with E-state index < -0.39 is 12.0 Å². The van der Waals surface area contributed by atoms with Crippen molar-refractivity contribution in [3.63, 3.8) is 0 Å². The Hall–Kier alpha value is -2.90. The number of carbonyl (C=O) groups is 2. The van der Waals surface area contributed by atoms with Crippen molar-refractivity contribution in [1.29, 1.82) is 0 Å². The van der Waals surface area contributed by atoms with E-state index >= 15 is 0 Å². The van der Waals surface area contributed by atoms with Gasteiger partial charge in [0.05, 0.1) is 5.52 Å². The van der Waals surface area contributed by atoms with Gasteiger partial charge >= 0.3 is 6.09 Å². The van der Waals surface area contributed by atoms with Crippen LogP contribution in [0.25, 0.3) is 10.9 Å². The molecule has 98 valence electrons. The number of hydrogen-bond acceptors (Lipinski definition) is 5. The third-order valence-electron chi connectivity index (χ3n) is 2.35. The number of nitrogens with two attached hydrogens (primary N) is 1. The van der Waals surface area contributed by atoms with E-state index in [0.717, 1.165) is 0 Å². The molecule has 0 unspecified atom stereocenters. The van der Waals surface area contributed by atoms with Crippen LogP contribution < -0.4 is 16.4 Å². The Labute approximate surface area is 107 Å². The number of benzene rings is 1. The Morgan fingerprint density at radius 1 is 1.32 bits per heavy atom. The lowest BCUT2D eigenvalue weighted by molar-refractivity contribution is -0.115. The van der Waals surface area contributed by atoms with Crippen LogP contribution in [0.3, 0.4) is 0 Å². The molecule has 0 aliphatic heterocycles. The first-order chi connectivity index (χ1) is 9.06. The number of carbonyl (C=O) groups excluding carboxylic acids is 1. The van der Waals surface area contributed by atoms with Crippen molar-refractivity contribution in [3.8, 4) is 0 Å². The third kappa shape index (κ3) is 3.06. The predicted octanol–water partition coefficient (Wildman–Crippen LogP) is 0.418. The van der Waals surface area contributed by atoms with Crippen molar-refractivity contribution in [3.05, 3.63) is 24.5 Å². The van der Waals surface area contributed by atoms with Gasteiger partial charge in [-0.15, -0.1) is 0 Å². The number of aromatic nitrogens is 2. The van der Waals surface area contributed by atoms with Crippen LogP contribution >= 0.6 is 0 Å². The molecular formula is C11H11N5O3. The lowest BCUT2D eigenvalue weighted by Gasteiger charge is -2.07. The number of hydrogen-bond donors (Lipinski definition) is 4. The molecule has 0 aliphatic rings. The molecule has 0 spiro atoms. The molecule has 2 amide bonds. The molecule has 0 saturated carbocycles. The van der Waals surface area contributed by atoms with Gasteiger partial charge in [-0.25, -0.2) is 14.8 Å². The molecule has 2 aromatic rings. The van der Waals surface area contributed by atoms with Crippen molar-refractivity contribution in [2.45, 2.75) is 0 Å². The standard InChI is InChI=1S/C11H11N5O3/c12-10-7-3-6(1-2-8(7)14-5-15-10)16-9(17)4-13-11(18)19/h1-3,5,13H,4H2,(H,16,17)(H,18,19)(H2,12,14,15). The highest BCUT2D eigenvalue weighted by molar-refractivity contribution is 5.97. The molecule has 0 atom stereocenters. The Kier molecular flexibility index (Phi) is 3.42. The number of fused-ring (bicyclic) bond motifs is 1. The van der Waals surface area contributed by atoms with Crippen molar-refractivity contribution in [2.24, 2.45) is 0 Å². The van der Waals surface area contributed by atoms with Crippen molar-refractivity contribution in [2.75, 3.05) is 17.6 Å². The minimum atomic E-state index is -1.26. The second-order valence-corrected chi connectivity index (χ2v) is 3.70. The van der Waals surface area contributed by atoms with Gasteiger partial charge in [0.2, 0.25) is 5.91 Å². The first-order valence-corrected chi connectivity index (χ1v) is 5.33. The topological polar surface area (TPSA) is 130 Å². The maximum Gasteiger partial charge on any atom is 0.405 e. The van der Waals surface area contributed by atoms with Crippen LogP contribution in [-0.2, 0) is 4.79 Å². The Bertz CT molecular complexity index is 643. The Balaban J connectivity index is 2.15. The third-order valence-corrected chi connectivity index (χ3v) is 2.35. The lowest BCUT2D eigenvalue weighted by Crippen LogP contribution is -2.31. The zero-order chi connectivity index (χ0) is 13.8. The zero-order valence-corrected chi connectivity index (χ0v) is 9.75. The van der Waals surface area contributed by atoms with E-state index in [1.165, 1.54) is 6.33 Å². The number of amides is 2. The largest absolute Gasteiger partial charge is 0.465 e. The molecule has 0 bridgehead atoms. The number of rotatable bonds is 3. The van der Waals surface area contributed by atoms with Gasteiger partial charge in [-0.05, 0) is 18.2 Å². The van der Waals surface area contributed by atoms with E-state index in [0.29, 0.717) is 22.4 Å². The predicted molar refractivity (Wildman–Crippen MR) is 68.6 cm³/mol. The van der Waals surface area contributed by atoms with Crippen LogP contribution in [0.15, 0.2) is 24.5 Å². The molecule has 1 aromatic heterocycles. The van der Waals surface area contributed by atoms with Gasteiger partial charge in [0.1, 0.15) is 18.7 Å². The summed E-state index contributed by atoms with van der Waals surface area (Å²) in [6.07, 6.45) is 0.0958. The minimum Gasteiger partial charge on any atom is -0.465 e. The second kappa shape index (κ2) is 5.17. The molecule has 8 heteroatoms. The van der Waals surface area contributed by atoms with Crippen LogP contribution in [0.1, 0.15) is 0 Å². The van der Waals surface area contributed by atoms with Gasteiger partial charge in [0.15, 0.2) is 0 Å². The Morgan fingerprint density at radius 2 is 2.11 bits per heavy atom. The first-order valence-electron chi connectivity index (χ1n) is 5.33. The maximum absolute atomic E-state index is 11.4. The summed E-state index contributed by atoms with van der Waals surface area (Å²) in [6.45, 7) is -0.325. The number of nitrogens with one attached hydrogen (secondary N) is 2. The van der Waals surface area contributed by atoms with E-state index in [-0.39, 0.29) is 6.54 Å². The monoisotopic (exact) mass is 261 g/mol. The van der Waals surface area contributed by atoms with E-state index in [2.05, 4.69) is 15.3 Å². The molecule has 8 nitrogen and oxygen atoms in total. The fourth-order valence-corrected chi connectivity index (χ4v) is 1.52. The minimum absolute atomic E-state index is 0.310. The zero-order valence-electron chi connectivity index (χ0n) is 9.75. The van der Waals surface area contributed by atoms with Crippen LogP contribution in [-0.4, -0.2) is 33.6 Å². The van der Waals surface area contributed by atoms with Gasteiger partial charge in [0, 0.05) is 11.1 Å². The molecule has 5 N–H and O–H groups in total. The fraction of sp³-hybridized carbons (Fsp3) is 0.0909. The van der Waals surface area contributed by atoms with Crippen LogP contribution in [0.5, 0.6) is 0 Å². The van der Waals surface area contributed by atoms with Gasteiger partial charge in [-0.3, -0.25) is 4.79 Å². The smallest absolute Gasteiger partial charge is 0.405 e. The Morgan fingerprint density at radius 3 is 2.84 bits per heavy atom. The normalized spacial score (nSPS) is 10.1. The molecular weight excluding hydrogens is 250 g/mol. The van der Waals surface area contributed by atoms with E-state index in [9.17, 15) is 9.59 Å². The maximum atomic E-state index is 11.4. The lowest BCUT2D eigenvalue weighted by atomic mass is 10.2. The number of carboxylic acid groups (broad SMARTS) is 1. The van der Waals surface area contributed by atoms with Crippen LogP contribution in [0, 0.1) is 0 Å². The summed E-state index contributed by atoms with van der Waals surface area (Å²) >= 11 is 0. The van der Waals surface area contributed by atoms with Gasteiger partial charge in [-0.1, -0.05) is 0 Å². The molecule has 0 fully saturated rings. The molecule has 0 saturated heterocycles. The second-order valence-electron chi connectivity index (χ2n) is 3.70. The van der Waals surface area contributed by atoms with E-state index in [1.54, 1.807) is 18.2 Å². The summed E-state index contributed by atoms with van der Waals surface area (Å²) in [5.41, 5.74) is 6.85. The molecule has 0 radical (unpaired) electrons. The quantitative estimate of drug-likeness (QED) is 0.633. The highest BCUT2D eigenvalue weighted by atomic mass is 16.4. The van der Waals surface area contributed by atoms with E-state index in [4.69, 9.17) is 10.8 Å². The molecule has 2 rings (SSSR count). The highest BCUT2D eigenvalue weighted by Crippen LogP contribution is 2.20. The number of anilines is 2. The van der Waals surface area contributed by atoms with E-state index in [1.807, 2.05) is 5.32 Å². The molecule has 1 aromatic carbocycles. The fourth-order valence-electron chi connectivity index (χ4n) is 1.52. The van der Waals surface area contributed by atoms with Gasteiger partial charge in [-0.2, -0.15) is 0 Å². The van der Waals surface area contributed by atoms with Gasteiger partial charge < -0.3 is 21.5 Å². The van der Waals surface area contributed by atoms with Gasteiger partial charge in [0.25, 0.3) is 0 Å². The number of nitrogens with zero attached hydrogens (tertiary/aromatic N) is 2.